The van der Waals surface area contributed by atoms with Crippen LogP contribution in [0.5, 0.6) is 0 Å². The number of nitrogens with one attached hydrogen (secondary N) is 2. The van der Waals surface area contributed by atoms with Gasteiger partial charge >= 0.3 is 0 Å². The van der Waals surface area contributed by atoms with Crippen LogP contribution in [0.4, 0.5) is 5.82 Å². The molecule has 0 saturated heterocycles. The smallest absolute Gasteiger partial charge is 0.251 e. The molecule has 2 aromatic rings. The van der Waals surface area contributed by atoms with E-state index in [1.54, 1.807) is 30.7 Å². The number of nitrogens with two attached hydrogens (primary N) is 1. The molecule has 0 radical (unpaired) electrons. The highest BCUT2D eigenvalue weighted by Crippen LogP contribution is 2.17. The Bertz CT molecular complexity index is 579. The zero-order valence-electron chi connectivity index (χ0n) is 11.5. The van der Waals surface area contributed by atoms with E-state index in [9.17, 15) is 4.79 Å². The Labute approximate surface area is 117 Å². The molecule has 4 N–H and O–H groups in total. The number of hydrogen-bond acceptors (Lipinski definition) is 5. The molecule has 2 heterocycles. The molecule has 0 saturated carbocycles. The van der Waals surface area contributed by atoms with Crippen molar-refractivity contribution in [3.05, 3.63) is 47.5 Å². The highest BCUT2D eigenvalue weighted by Gasteiger charge is 2.11. The van der Waals surface area contributed by atoms with Crippen molar-refractivity contribution in [2.24, 2.45) is 5.84 Å². The molecule has 6 nitrogen and oxygen atoms in total. The van der Waals surface area contributed by atoms with Gasteiger partial charge in [0.2, 0.25) is 0 Å². The van der Waals surface area contributed by atoms with Gasteiger partial charge in [-0.25, -0.2) is 10.8 Å². The first kappa shape index (κ1) is 14.1. The fourth-order valence-corrected chi connectivity index (χ4v) is 1.73. The number of nitrogen functional groups attached to an aromatic ring is 1. The molecule has 0 aromatic carbocycles. The standard InChI is InChI=1S/C14H18N4O2/c1-9(2)12-5-11(6-13(17-12)18-15)14(19)16-7-10-3-4-20-8-10/h3-6,8-9H,7,15H2,1-2H3,(H,16,19)(H,17,18). The summed E-state index contributed by atoms with van der Waals surface area (Å²) in [6, 6.07) is 5.20. The van der Waals surface area contributed by atoms with Gasteiger partial charge in [0, 0.05) is 23.4 Å². The van der Waals surface area contributed by atoms with Crippen LogP contribution in [0, 0.1) is 0 Å². The molecule has 0 aliphatic carbocycles. The highest BCUT2D eigenvalue weighted by molar-refractivity contribution is 5.95. The summed E-state index contributed by atoms with van der Waals surface area (Å²) in [6.45, 7) is 4.44. The maximum absolute atomic E-state index is 12.1. The Kier molecular flexibility index (Phi) is 4.37. The third kappa shape index (κ3) is 3.36. The van der Waals surface area contributed by atoms with Gasteiger partial charge in [-0.2, -0.15) is 0 Å². The van der Waals surface area contributed by atoms with Crippen LogP contribution in [0.25, 0.3) is 0 Å². The molecule has 0 aliphatic rings. The number of amides is 1. The number of hydrogen-bond donors (Lipinski definition) is 3. The highest BCUT2D eigenvalue weighted by atomic mass is 16.3. The van der Waals surface area contributed by atoms with Crippen molar-refractivity contribution < 1.29 is 9.21 Å². The van der Waals surface area contributed by atoms with Crippen LogP contribution in [0.1, 0.15) is 41.4 Å². The SMILES string of the molecule is CC(C)c1cc(C(=O)NCc2ccoc2)cc(NN)n1. The predicted octanol–water partition coefficient (Wildman–Crippen LogP) is 2.01. The van der Waals surface area contributed by atoms with Crippen LogP contribution < -0.4 is 16.6 Å². The van der Waals surface area contributed by atoms with Crippen molar-refractivity contribution in [3.63, 3.8) is 0 Å². The predicted molar refractivity (Wildman–Crippen MR) is 76.0 cm³/mol. The lowest BCUT2D eigenvalue weighted by atomic mass is 10.1. The minimum atomic E-state index is -0.174. The molecule has 2 aromatic heterocycles. The van der Waals surface area contributed by atoms with E-state index in [0.717, 1.165) is 11.3 Å². The molecule has 0 aliphatic heterocycles. The maximum Gasteiger partial charge on any atom is 0.251 e. The minimum Gasteiger partial charge on any atom is -0.472 e. The number of aromatic nitrogens is 1. The Balaban J connectivity index is 2.14. The van der Waals surface area contributed by atoms with E-state index in [0.29, 0.717) is 17.9 Å². The lowest BCUT2D eigenvalue weighted by molar-refractivity contribution is 0.0950. The zero-order valence-corrected chi connectivity index (χ0v) is 11.5. The van der Waals surface area contributed by atoms with Crippen molar-refractivity contribution in [2.45, 2.75) is 26.3 Å². The monoisotopic (exact) mass is 274 g/mol. The summed E-state index contributed by atoms with van der Waals surface area (Å²) >= 11 is 0. The molecule has 0 bridgehead atoms. The van der Waals surface area contributed by atoms with Crippen molar-refractivity contribution in [1.82, 2.24) is 10.3 Å². The van der Waals surface area contributed by atoms with Crippen LogP contribution in [-0.2, 0) is 6.54 Å². The Hall–Kier alpha value is -2.34. The first-order valence-electron chi connectivity index (χ1n) is 6.38. The molecular formula is C14H18N4O2. The summed E-state index contributed by atoms with van der Waals surface area (Å²) in [6.07, 6.45) is 3.17. The summed E-state index contributed by atoms with van der Waals surface area (Å²) in [5.41, 5.74) is 4.73. The number of anilines is 1. The normalized spacial score (nSPS) is 10.6. The first-order chi connectivity index (χ1) is 9.60. The molecule has 6 heteroatoms. The van der Waals surface area contributed by atoms with Crippen LogP contribution >= 0.6 is 0 Å². The Morgan fingerprint density at radius 1 is 1.45 bits per heavy atom. The van der Waals surface area contributed by atoms with E-state index in [2.05, 4.69) is 15.7 Å². The lowest BCUT2D eigenvalue weighted by Crippen LogP contribution is -2.23. The Morgan fingerprint density at radius 3 is 2.85 bits per heavy atom. The molecule has 0 unspecified atom stereocenters. The van der Waals surface area contributed by atoms with E-state index < -0.39 is 0 Å². The third-order valence-electron chi connectivity index (χ3n) is 2.88. The maximum atomic E-state index is 12.1. The second-order valence-electron chi connectivity index (χ2n) is 4.78. The van der Waals surface area contributed by atoms with Crippen LogP contribution in [0.2, 0.25) is 0 Å². The summed E-state index contributed by atoms with van der Waals surface area (Å²) in [4.78, 5) is 16.5. The van der Waals surface area contributed by atoms with Crippen LogP contribution in [0.15, 0.2) is 35.1 Å². The van der Waals surface area contributed by atoms with Crippen LogP contribution in [0.3, 0.4) is 0 Å². The topological polar surface area (TPSA) is 93.2 Å². The largest absolute Gasteiger partial charge is 0.472 e. The van der Waals surface area contributed by atoms with Gasteiger partial charge in [0.15, 0.2) is 0 Å². The van der Waals surface area contributed by atoms with Crippen LogP contribution in [-0.4, -0.2) is 10.9 Å². The van der Waals surface area contributed by atoms with Gasteiger partial charge in [-0.15, -0.1) is 0 Å². The summed E-state index contributed by atoms with van der Waals surface area (Å²) in [5.74, 6) is 5.90. The van der Waals surface area contributed by atoms with Crippen molar-refractivity contribution in [1.29, 1.82) is 0 Å². The number of furan rings is 1. The van der Waals surface area contributed by atoms with Gasteiger partial charge in [0.25, 0.3) is 5.91 Å². The number of carbonyl (C=O) groups is 1. The zero-order chi connectivity index (χ0) is 14.5. The molecule has 20 heavy (non-hydrogen) atoms. The van der Waals surface area contributed by atoms with Crippen molar-refractivity contribution in [3.8, 4) is 0 Å². The molecule has 0 fully saturated rings. The van der Waals surface area contributed by atoms with Gasteiger partial charge in [-0.1, -0.05) is 13.8 Å². The average Bonchev–Trinajstić information content (AvgIpc) is 2.97. The average molecular weight is 274 g/mol. The fraction of sp³-hybridized carbons (Fsp3) is 0.286. The third-order valence-corrected chi connectivity index (χ3v) is 2.88. The van der Waals surface area contributed by atoms with Gasteiger partial charge in [0.05, 0.1) is 12.5 Å². The van der Waals surface area contributed by atoms with Gasteiger partial charge < -0.3 is 15.2 Å². The van der Waals surface area contributed by atoms with Gasteiger partial charge in [-0.3, -0.25) is 4.79 Å². The number of carbonyl (C=O) groups excluding carboxylic acids is 1. The summed E-state index contributed by atoms with van der Waals surface area (Å²) in [7, 11) is 0. The molecule has 106 valence electrons. The van der Waals surface area contributed by atoms with Crippen molar-refractivity contribution >= 4 is 11.7 Å². The minimum absolute atomic E-state index is 0.174. The lowest BCUT2D eigenvalue weighted by Gasteiger charge is -2.10. The van der Waals surface area contributed by atoms with E-state index >= 15 is 0 Å². The van der Waals surface area contributed by atoms with E-state index in [1.807, 2.05) is 13.8 Å². The number of nitrogens with zero attached hydrogens (tertiary/aromatic N) is 1. The van der Waals surface area contributed by atoms with E-state index in [-0.39, 0.29) is 11.8 Å². The van der Waals surface area contributed by atoms with E-state index in [4.69, 9.17) is 10.3 Å². The number of rotatable bonds is 5. The van der Waals surface area contributed by atoms with Crippen molar-refractivity contribution in [2.75, 3.05) is 5.43 Å². The Morgan fingerprint density at radius 2 is 2.25 bits per heavy atom. The number of hydrazine groups is 1. The quantitative estimate of drug-likeness (QED) is 0.573. The number of pyridine rings is 1. The molecule has 2 rings (SSSR count). The molecule has 1 amide bonds. The first-order valence-corrected chi connectivity index (χ1v) is 6.38. The van der Waals surface area contributed by atoms with E-state index in [1.165, 1.54) is 0 Å². The molecule has 0 spiro atoms. The van der Waals surface area contributed by atoms with Gasteiger partial charge in [-0.05, 0) is 24.1 Å². The van der Waals surface area contributed by atoms with Gasteiger partial charge in [0.1, 0.15) is 5.82 Å². The summed E-state index contributed by atoms with van der Waals surface area (Å²) < 4.78 is 4.95. The summed E-state index contributed by atoms with van der Waals surface area (Å²) in [5, 5.41) is 2.82. The fourth-order valence-electron chi connectivity index (χ4n) is 1.73. The molecule has 0 atom stereocenters. The second-order valence-corrected chi connectivity index (χ2v) is 4.78. The molecular weight excluding hydrogens is 256 g/mol. The second kappa shape index (κ2) is 6.21.